The fourth-order valence-corrected chi connectivity index (χ4v) is 4.37. The van der Waals surface area contributed by atoms with Gasteiger partial charge >= 0.3 is 5.97 Å². The van der Waals surface area contributed by atoms with E-state index in [1.807, 2.05) is 71.1 Å². The number of aryl methyl sites for hydroxylation is 1. The van der Waals surface area contributed by atoms with Crippen LogP contribution in [0.2, 0.25) is 0 Å². The Morgan fingerprint density at radius 3 is 2.26 bits per heavy atom. The maximum atomic E-state index is 13.9. The monoisotopic (exact) mass is 451 g/mol. The molecule has 34 heavy (non-hydrogen) atoms. The molecule has 0 fully saturated rings. The van der Waals surface area contributed by atoms with Gasteiger partial charge in [0.2, 0.25) is 11.6 Å². The van der Waals surface area contributed by atoms with Crippen LogP contribution in [-0.2, 0) is 11.3 Å². The van der Waals surface area contributed by atoms with Crippen molar-refractivity contribution in [2.75, 3.05) is 7.11 Å². The summed E-state index contributed by atoms with van der Waals surface area (Å²) in [6, 6.07) is 24.4. The predicted octanol–water partition coefficient (Wildman–Crippen LogP) is 5.77. The zero-order valence-electron chi connectivity index (χ0n) is 19.2. The van der Waals surface area contributed by atoms with Gasteiger partial charge in [-0.1, -0.05) is 74.0 Å². The SMILES string of the molecule is CCCCn1c2ccc(C(=O)OC)cc2n2c(C(=O)c3ccccc3)c(-c3ccccc3)nc12. The summed E-state index contributed by atoms with van der Waals surface area (Å²) < 4.78 is 8.98. The quantitative estimate of drug-likeness (QED) is 0.233. The number of aromatic nitrogens is 3. The van der Waals surface area contributed by atoms with Crippen molar-refractivity contribution in [1.82, 2.24) is 14.0 Å². The lowest BCUT2D eigenvalue weighted by Crippen LogP contribution is -2.07. The molecule has 5 rings (SSSR count). The number of esters is 1. The molecule has 0 unspecified atom stereocenters. The molecule has 170 valence electrons. The second-order valence-electron chi connectivity index (χ2n) is 8.21. The van der Waals surface area contributed by atoms with Crippen LogP contribution in [0.5, 0.6) is 0 Å². The van der Waals surface area contributed by atoms with E-state index in [1.54, 1.807) is 12.1 Å². The number of ether oxygens (including phenoxy) is 1. The average Bonchev–Trinajstić information content (AvgIpc) is 3.42. The summed E-state index contributed by atoms with van der Waals surface area (Å²) in [7, 11) is 1.36. The zero-order chi connectivity index (χ0) is 23.7. The molecule has 0 spiro atoms. The summed E-state index contributed by atoms with van der Waals surface area (Å²) >= 11 is 0. The Hall–Kier alpha value is -4.19. The third-order valence-corrected chi connectivity index (χ3v) is 6.06. The highest BCUT2D eigenvalue weighted by Gasteiger charge is 2.27. The van der Waals surface area contributed by atoms with Gasteiger partial charge in [0, 0.05) is 17.7 Å². The van der Waals surface area contributed by atoms with Crippen LogP contribution in [0.4, 0.5) is 0 Å². The first-order valence-electron chi connectivity index (χ1n) is 11.4. The number of ketones is 1. The number of imidazole rings is 2. The Morgan fingerprint density at radius 1 is 0.882 bits per heavy atom. The van der Waals surface area contributed by atoms with E-state index < -0.39 is 5.97 Å². The maximum Gasteiger partial charge on any atom is 0.337 e. The average molecular weight is 452 g/mol. The molecule has 0 aliphatic rings. The smallest absolute Gasteiger partial charge is 0.337 e. The van der Waals surface area contributed by atoms with Crippen molar-refractivity contribution < 1.29 is 14.3 Å². The Kier molecular flexibility index (Phi) is 5.72. The normalized spacial score (nSPS) is 11.2. The molecule has 0 aliphatic heterocycles. The van der Waals surface area contributed by atoms with Crippen molar-refractivity contribution in [2.24, 2.45) is 0 Å². The Morgan fingerprint density at radius 2 is 1.59 bits per heavy atom. The number of rotatable bonds is 7. The Bertz CT molecular complexity index is 1500. The molecule has 0 bridgehead atoms. The van der Waals surface area contributed by atoms with Gasteiger partial charge in [-0.15, -0.1) is 0 Å². The molecular weight excluding hydrogens is 426 g/mol. The van der Waals surface area contributed by atoms with E-state index in [-0.39, 0.29) is 5.78 Å². The Balaban J connectivity index is 1.88. The highest BCUT2D eigenvalue weighted by atomic mass is 16.5. The fourth-order valence-electron chi connectivity index (χ4n) is 4.37. The highest BCUT2D eigenvalue weighted by Crippen LogP contribution is 2.32. The third-order valence-electron chi connectivity index (χ3n) is 6.06. The van der Waals surface area contributed by atoms with Crippen molar-refractivity contribution in [3.63, 3.8) is 0 Å². The van der Waals surface area contributed by atoms with Gasteiger partial charge in [-0.2, -0.15) is 0 Å². The van der Waals surface area contributed by atoms with Crippen molar-refractivity contribution in [2.45, 2.75) is 26.3 Å². The number of carbonyl (C=O) groups excluding carboxylic acids is 2. The van der Waals surface area contributed by atoms with E-state index in [0.29, 0.717) is 28.3 Å². The summed E-state index contributed by atoms with van der Waals surface area (Å²) in [6.45, 7) is 2.90. The van der Waals surface area contributed by atoms with Crippen LogP contribution in [-0.4, -0.2) is 32.8 Å². The fraction of sp³-hybridized carbons (Fsp3) is 0.179. The van der Waals surface area contributed by atoms with Gasteiger partial charge in [-0.25, -0.2) is 9.78 Å². The molecule has 6 nitrogen and oxygen atoms in total. The van der Waals surface area contributed by atoms with Crippen LogP contribution in [0.15, 0.2) is 78.9 Å². The number of nitrogens with zero attached hydrogens (tertiary/aromatic N) is 3. The number of carbonyl (C=O) groups is 2. The van der Waals surface area contributed by atoms with Crippen LogP contribution >= 0.6 is 0 Å². The molecule has 0 radical (unpaired) electrons. The molecule has 2 heterocycles. The lowest BCUT2D eigenvalue weighted by Gasteiger charge is -2.07. The number of unbranched alkanes of at least 4 members (excludes halogenated alkanes) is 1. The summed E-state index contributed by atoms with van der Waals surface area (Å²) in [6.07, 6.45) is 1.99. The largest absolute Gasteiger partial charge is 0.465 e. The molecule has 0 N–H and O–H groups in total. The molecule has 6 heteroatoms. The van der Waals surface area contributed by atoms with Gasteiger partial charge in [-0.05, 0) is 24.6 Å². The standard InChI is InChI=1S/C28H25N3O3/c1-3-4-17-30-22-16-15-21(27(33)34-2)18-23(22)31-25(26(32)20-13-9-6-10-14-20)24(29-28(30)31)19-11-7-5-8-12-19/h5-16,18H,3-4,17H2,1-2H3. The van der Waals surface area contributed by atoms with Crippen LogP contribution in [0.25, 0.3) is 28.1 Å². The van der Waals surface area contributed by atoms with Crippen molar-refractivity contribution in [1.29, 1.82) is 0 Å². The lowest BCUT2D eigenvalue weighted by atomic mass is 10.0. The molecule has 3 aromatic carbocycles. The minimum Gasteiger partial charge on any atom is -0.465 e. The van der Waals surface area contributed by atoms with Gasteiger partial charge in [-0.3, -0.25) is 9.20 Å². The molecular formula is C28H25N3O3. The van der Waals surface area contributed by atoms with E-state index in [2.05, 4.69) is 11.5 Å². The summed E-state index contributed by atoms with van der Waals surface area (Å²) in [5.74, 6) is 0.143. The molecule has 0 atom stereocenters. The summed E-state index contributed by atoms with van der Waals surface area (Å²) in [5, 5.41) is 0. The number of methoxy groups -OCH3 is 1. The van der Waals surface area contributed by atoms with Crippen LogP contribution in [0.3, 0.4) is 0 Å². The van der Waals surface area contributed by atoms with E-state index in [4.69, 9.17) is 9.72 Å². The molecule has 0 amide bonds. The second-order valence-corrected chi connectivity index (χ2v) is 8.21. The number of hydrogen-bond acceptors (Lipinski definition) is 4. The minimum absolute atomic E-state index is 0.120. The topological polar surface area (TPSA) is 65.6 Å². The van der Waals surface area contributed by atoms with Gasteiger partial charge in [0.25, 0.3) is 0 Å². The first-order valence-corrected chi connectivity index (χ1v) is 11.4. The lowest BCUT2D eigenvalue weighted by molar-refractivity contribution is 0.0600. The van der Waals surface area contributed by atoms with Crippen LogP contribution in [0, 0.1) is 0 Å². The van der Waals surface area contributed by atoms with Gasteiger partial charge in [0.05, 0.1) is 23.7 Å². The van der Waals surface area contributed by atoms with Crippen molar-refractivity contribution >= 4 is 28.6 Å². The molecule has 2 aromatic heterocycles. The van der Waals surface area contributed by atoms with Gasteiger partial charge in [0.1, 0.15) is 11.4 Å². The first-order chi connectivity index (χ1) is 16.6. The van der Waals surface area contributed by atoms with E-state index in [1.165, 1.54) is 7.11 Å². The predicted molar refractivity (Wildman–Crippen MR) is 132 cm³/mol. The molecule has 0 aliphatic carbocycles. The van der Waals surface area contributed by atoms with E-state index in [9.17, 15) is 9.59 Å². The van der Waals surface area contributed by atoms with E-state index in [0.717, 1.165) is 36.0 Å². The van der Waals surface area contributed by atoms with Gasteiger partial charge in [0.15, 0.2) is 0 Å². The minimum atomic E-state index is -0.421. The molecule has 5 aromatic rings. The maximum absolute atomic E-state index is 13.9. The first kappa shape index (κ1) is 21.6. The second kappa shape index (κ2) is 8.98. The van der Waals surface area contributed by atoms with Crippen LogP contribution in [0.1, 0.15) is 46.2 Å². The number of hydrogen-bond donors (Lipinski definition) is 0. The van der Waals surface area contributed by atoms with Crippen molar-refractivity contribution in [3.8, 4) is 11.3 Å². The van der Waals surface area contributed by atoms with E-state index >= 15 is 0 Å². The van der Waals surface area contributed by atoms with Gasteiger partial charge < -0.3 is 9.30 Å². The third kappa shape index (κ3) is 3.57. The van der Waals surface area contributed by atoms with Crippen molar-refractivity contribution in [3.05, 3.63) is 95.7 Å². The van der Waals surface area contributed by atoms with Crippen LogP contribution < -0.4 is 0 Å². The Labute approximate surface area is 197 Å². The number of fused-ring (bicyclic) bond motifs is 3. The summed E-state index contributed by atoms with van der Waals surface area (Å²) in [5.41, 5.74) is 4.66. The molecule has 0 saturated carbocycles. The zero-order valence-corrected chi connectivity index (χ0v) is 19.2. The highest BCUT2D eigenvalue weighted by molar-refractivity contribution is 6.13. The molecule has 0 saturated heterocycles. The summed E-state index contributed by atoms with van der Waals surface area (Å²) in [4.78, 5) is 31.2. The number of benzene rings is 3.